The predicted molar refractivity (Wildman–Crippen MR) is 118 cm³/mol. The van der Waals surface area contributed by atoms with E-state index in [-0.39, 0.29) is 0 Å². The van der Waals surface area contributed by atoms with E-state index >= 15 is 0 Å². The zero-order valence-electron chi connectivity index (χ0n) is 18.2. The molecule has 0 N–H and O–H groups in total. The molecular formula is C23H24BFN2O4. The molecule has 1 fully saturated rings. The first-order valence-electron chi connectivity index (χ1n) is 10.1. The van der Waals surface area contributed by atoms with Crippen LogP contribution in [-0.2, 0) is 9.31 Å². The van der Waals surface area contributed by atoms with Gasteiger partial charge in [-0.3, -0.25) is 9.36 Å². The predicted octanol–water partition coefficient (Wildman–Crippen LogP) is 2.74. The lowest BCUT2D eigenvalue weighted by atomic mass is 9.76. The summed E-state index contributed by atoms with van der Waals surface area (Å²) in [6.45, 7) is 9.70. The summed E-state index contributed by atoms with van der Waals surface area (Å²) in [6.07, 6.45) is 1.39. The minimum atomic E-state index is -0.622. The van der Waals surface area contributed by atoms with Crippen LogP contribution in [0.15, 0.2) is 64.3 Å². The molecule has 1 aliphatic rings. The van der Waals surface area contributed by atoms with Gasteiger partial charge in [-0.25, -0.2) is 13.8 Å². The topological polar surface area (TPSA) is 62.5 Å². The van der Waals surface area contributed by atoms with Crippen LogP contribution < -0.4 is 16.7 Å². The summed E-state index contributed by atoms with van der Waals surface area (Å²) in [7, 11) is -0.622. The molecule has 4 rings (SSSR count). The quantitative estimate of drug-likeness (QED) is 0.610. The molecule has 2 heterocycles. The first kappa shape index (κ1) is 21.3. The van der Waals surface area contributed by atoms with Gasteiger partial charge in [-0.05, 0) is 76.0 Å². The highest BCUT2D eigenvalue weighted by Crippen LogP contribution is 2.36. The molecule has 160 valence electrons. The Bertz CT molecular complexity index is 1250. The van der Waals surface area contributed by atoms with Gasteiger partial charge in [0.15, 0.2) is 0 Å². The summed E-state index contributed by atoms with van der Waals surface area (Å²) in [4.78, 5) is 25.9. The standard InChI is InChI=1S/C23H24BFN2O4/c1-15-18(24-30-22(2,3)23(4,5)31-24)7-6-8-19(15)27-20(28)13-14-26(21(27)29)17-11-9-16(25)10-12-17/h6-14H,1-5H3. The molecule has 1 aliphatic heterocycles. The van der Waals surface area contributed by atoms with Crippen LogP contribution in [0.1, 0.15) is 33.3 Å². The van der Waals surface area contributed by atoms with Gasteiger partial charge in [0.1, 0.15) is 5.82 Å². The molecule has 0 unspecified atom stereocenters. The number of halogens is 1. The Labute approximate surface area is 180 Å². The first-order valence-corrected chi connectivity index (χ1v) is 10.1. The summed E-state index contributed by atoms with van der Waals surface area (Å²) < 4.78 is 28.0. The van der Waals surface area contributed by atoms with Gasteiger partial charge < -0.3 is 9.31 Å². The van der Waals surface area contributed by atoms with Crippen molar-refractivity contribution in [2.45, 2.75) is 45.8 Å². The van der Waals surface area contributed by atoms with Crippen LogP contribution in [-0.4, -0.2) is 27.5 Å². The molecule has 1 aromatic heterocycles. The number of hydrogen-bond donors (Lipinski definition) is 0. The highest BCUT2D eigenvalue weighted by atomic mass is 19.1. The van der Waals surface area contributed by atoms with Gasteiger partial charge in [-0.1, -0.05) is 12.1 Å². The second-order valence-corrected chi connectivity index (χ2v) is 8.70. The Balaban J connectivity index is 1.84. The largest absolute Gasteiger partial charge is 0.495 e. The van der Waals surface area contributed by atoms with Crippen molar-refractivity contribution >= 4 is 12.6 Å². The van der Waals surface area contributed by atoms with E-state index in [4.69, 9.17) is 9.31 Å². The SMILES string of the molecule is Cc1c(B2OC(C)(C)C(C)(C)O2)cccc1-n1c(=O)ccn(-c2ccc(F)cc2)c1=O. The lowest BCUT2D eigenvalue weighted by molar-refractivity contribution is 0.00578. The van der Waals surface area contributed by atoms with Crippen LogP contribution in [0.5, 0.6) is 0 Å². The molecule has 0 aliphatic carbocycles. The van der Waals surface area contributed by atoms with E-state index in [2.05, 4.69) is 0 Å². The second kappa shape index (κ2) is 7.32. The van der Waals surface area contributed by atoms with Gasteiger partial charge in [0.25, 0.3) is 5.56 Å². The fourth-order valence-electron chi connectivity index (χ4n) is 3.61. The average Bonchev–Trinajstić information content (AvgIpc) is 2.91. The van der Waals surface area contributed by atoms with Crippen LogP contribution in [0.4, 0.5) is 4.39 Å². The van der Waals surface area contributed by atoms with Crippen molar-refractivity contribution in [3.63, 3.8) is 0 Å². The van der Waals surface area contributed by atoms with E-state index < -0.39 is 35.4 Å². The van der Waals surface area contributed by atoms with E-state index in [0.717, 1.165) is 10.0 Å². The summed E-state index contributed by atoms with van der Waals surface area (Å²) in [5.74, 6) is -0.406. The average molecular weight is 422 g/mol. The Kier molecular flexibility index (Phi) is 5.02. The van der Waals surface area contributed by atoms with Gasteiger partial charge in [0.2, 0.25) is 0 Å². The fraction of sp³-hybridized carbons (Fsp3) is 0.304. The van der Waals surface area contributed by atoms with Crippen LogP contribution in [0.3, 0.4) is 0 Å². The van der Waals surface area contributed by atoms with Crippen molar-refractivity contribution in [1.29, 1.82) is 0 Å². The van der Waals surface area contributed by atoms with Gasteiger partial charge >= 0.3 is 12.8 Å². The molecule has 8 heteroatoms. The number of nitrogens with zero attached hydrogens (tertiary/aromatic N) is 2. The second-order valence-electron chi connectivity index (χ2n) is 8.70. The van der Waals surface area contributed by atoms with Gasteiger partial charge in [-0.2, -0.15) is 0 Å². The van der Waals surface area contributed by atoms with Crippen molar-refractivity contribution in [2.75, 3.05) is 0 Å². The van der Waals surface area contributed by atoms with E-state index in [1.54, 1.807) is 12.1 Å². The zero-order valence-corrected chi connectivity index (χ0v) is 18.2. The lowest BCUT2D eigenvalue weighted by Crippen LogP contribution is -2.41. The minimum absolute atomic E-state index is 0.406. The molecule has 1 saturated heterocycles. The monoisotopic (exact) mass is 422 g/mol. The maximum absolute atomic E-state index is 13.3. The maximum Gasteiger partial charge on any atom is 0.495 e. The van der Waals surface area contributed by atoms with E-state index in [1.165, 1.54) is 41.1 Å². The first-order chi connectivity index (χ1) is 14.5. The summed E-state index contributed by atoms with van der Waals surface area (Å²) in [6, 6.07) is 12.2. The van der Waals surface area contributed by atoms with Crippen molar-refractivity contribution in [1.82, 2.24) is 9.13 Å². The number of benzene rings is 2. The normalized spacial score (nSPS) is 17.2. The Hall–Kier alpha value is -2.97. The molecule has 0 saturated carbocycles. The zero-order chi connectivity index (χ0) is 22.6. The van der Waals surface area contributed by atoms with Gasteiger partial charge in [-0.15, -0.1) is 0 Å². The van der Waals surface area contributed by atoms with Crippen LogP contribution >= 0.6 is 0 Å². The highest BCUT2D eigenvalue weighted by Gasteiger charge is 2.52. The van der Waals surface area contributed by atoms with Gasteiger partial charge in [0.05, 0.1) is 22.6 Å². The third kappa shape index (κ3) is 3.56. The van der Waals surface area contributed by atoms with Crippen molar-refractivity contribution < 1.29 is 13.7 Å². The van der Waals surface area contributed by atoms with E-state index in [0.29, 0.717) is 16.9 Å². The molecule has 0 atom stereocenters. The number of rotatable bonds is 3. The fourth-order valence-corrected chi connectivity index (χ4v) is 3.61. The smallest absolute Gasteiger partial charge is 0.399 e. The summed E-state index contributed by atoms with van der Waals surface area (Å²) in [5, 5.41) is 0. The molecule has 0 spiro atoms. The Morgan fingerprint density at radius 1 is 0.903 bits per heavy atom. The molecule has 2 aromatic carbocycles. The molecule has 0 bridgehead atoms. The Morgan fingerprint density at radius 3 is 2.13 bits per heavy atom. The lowest BCUT2D eigenvalue weighted by Gasteiger charge is -2.32. The molecule has 3 aromatic rings. The molecule has 31 heavy (non-hydrogen) atoms. The summed E-state index contributed by atoms with van der Waals surface area (Å²) in [5.41, 5.74) is 0.318. The van der Waals surface area contributed by atoms with Gasteiger partial charge in [0, 0.05) is 12.3 Å². The minimum Gasteiger partial charge on any atom is -0.399 e. The maximum atomic E-state index is 13.3. The van der Waals surface area contributed by atoms with Crippen LogP contribution in [0, 0.1) is 12.7 Å². The highest BCUT2D eigenvalue weighted by molar-refractivity contribution is 6.62. The van der Waals surface area contributed by atoms with Crippen LogP contribution in [0.2, 0.25) is 0 Å². The molecular weight excluding hydrogens is 398 g/mol. The summed E-state index contributed by atoms with van der Waals surface area (Å²) >= 11 is 0. The van der Waals surface area contributed by atoms with Crippen molar-refractivity contribution in [2.24, 2.45) is 0 Å². The molecule has 0 amide bonds. The molecule has 6 nitrogen and oxygen atoms in total. The molecule has 0 radical (unpaired) electrons. The number of aromatic nitrogens is 2. The van der Waals surface area contributed by atoms with E-state index in [9.17, 15) is 14.0 Å². The van der Waals surface area contributed by atoms with Crippen molar-refractivity contribution in [3.05, 3.63) is 86.9 Å². The van der Waals surface area contributed by atoms with E-state index in [1.807, 2.05) is 40.7 Å². The Morgan fingerprint density at radius 2 is 1.52 bits per heavy atom. The van der Waals surface area contributed by atoms with Crippen molar-refractivity contribution in [3.8, 4) is 11.4 Å². The number of hydrogen-bond acceptors (Lipinski definition) is 4. The van der Waals surface area contributed by atoms with Crippen LogP contribution in [0.25, 0.3) is 11.4 Å². The third-order valence-corrected chi connectivity index (χ3v) is 6.18. The third-order valence-electron chi connectivity index (χ3n) is 6.18.